The molecule has 0 bridgehead atoms. The molecule has 0 atom stereocenters. The summed E-state index contributed by atoms with van der Waals surface area (Å²) in [5.74, 6) is 2.63. The average Bonchev–Trinajstić information content (AvgIpc) is 2.73. The third kappa shape index (κ3) is 5.09. The quantitative estimate of drug-likeness (QED) is 0.589. The fourth-order valence-electron chi connectivity index (χ4n) is 2.81. The van der Waals surface area contributed by atoms with E-state index in [1.54, 1.807) is 20.4 Å². The molecule has 2 N–H and O–H groups in total. The summed E-state index contributed by atoms with van der Waals surface area (Å²) in [5, 5.41) is 14.6. The second kappa shape index (κ2) is 9.55. The first-order valence-electron chi connectivity index (χ1n) is 9.12. The molecule has 2 aromatic carbocycles. The molecule has 0 aliphatic rings. The first kappa shape index (κ1) is 19.4. The SMILES string of the molecule is COc1ccc(CCNc2nncc(NCc3ccccc3C)n2)cc1OC. The molecule has 0 aliphatic heterocycles. The number of hydrogen-bond donors (Lipinski definition) is 2. The molecule has 0 saturated heterocycles. The van der Waals surface area contributed by atoms with Gasteiger partial charge in [0.05, 0.1) is 20.4 Å². The molecule has 0 aliphatic carbocycles. The van der Waals surface area contributed by atoms with E-state index >= 15 is 0 Å². The van der Waals surface area contributed by atoms with Crippen LogP contribution in [0.15, 0.2) is 48.7 Å². The van der Waals surface area contributed by atoms with Crippen molar-refractivity contribution < 1.29 is 9.47 Å². The molecule has 1 aromatic heterocycles. The molecule has 0 fully saturated rings. The first-order valence-corrected chi connectivity index (χ1v) is 9.12. The van der Waals surface area contributed by atoms with E-state index in [4.69, 9.17) is 9.47 Å². The van der Waals surface area contributed by atoms with Crippen molar-refractivity contribution in [2.24, 2.45) is 0 Å². The van der Waals surface area contributed by atoms with Crippen LogP contribution in [-0.4, -0.2) is 35.9 Å². The summed E-state index contributed by atoms with van der Waals surface area (Å²) < 4.78 is 10.6. The van der Waals surface area contributed by atoms with E-state index in [0.29, 0.717) is 24.9 Å². The van der Waals surface area contributed by atoms with Crippen molar-refractivity contribution in [2.45, 2.75) is 19.9 Å². The van der Waals surface area contributed by atoms with Gasteiger partial charge in [0.2, 0.25) is 5.95 Å². The summed E-state index contributed by atoms with van der Waals surface area (Å²) in [4.78, 5) is 4.47. The fraction of sp³-hybridized carbons (Fsp3) is 0.286. The van der Waals surface area contributed by atoms with E-state index in [1.807, 2.05) is 30.3 Å². The molecule has 146 valence electrons. The highest BCUT2D eigenvalue weighted by atomic mass is 16.5. The van der Waals surface area contributed by atoms with Gasteiger partial charge in [0.1, 0.15) is 0 Å². The standard InChI is InChI=1S/C21H25N5O2/c1-15-6-4-5-7-17(15)13-23-20-14-24-26-21(25-20)22-11-10-16-8-9-18(27-2)19(12-16)28-3/h4-9,12,14H,10-11,13H2,1-3H3,(H2,22,23,25,26). The third-order valence-corrected chi connectivity index (χ3v) is 4.42. The van der Waals surface area contributed by atoms with E-state index in [1.165, 1.54) is 11.1 Å². The maximum absolute atomic E-state index is 5.34. The van der Waals surface area contributed by atoms with E-state index in [2.05, 4.69) is 44.9 Å². The van der Waals surface area contributed by atoms with Crippen LogP contribution in [0, 0.1) is 6.92 Å². The van der Waals surface area contributed by atoms with Crippen LogP contribution < -0.4 is 20.1 Å². The monoisotopic (exact) mass is 379 g/mol. The molecule has 3 aromatic rings. The van der Waals surface area contributed by atoms with Crippen molar-refractivity contribution in [1.82, 2.24) is 15.2 Å². The molecule has 0 amide bonds. The predicted octanol–water partition coefficient (Wildman–Crippen LogP) is 3.46. The number of aryl methyl sites for hydroxylation is 1. The summed E-state index contributed by atoms with van der Waals surface area (Å²) in [6, 6.07) is 14.1. The van der Waals surface area contributed by atoms with Gasteiger partial charge in [-0.3, -0.25) is 0 Å². The number of benzene rings is 2. The zero-order chi connectivity index (χ0) is 19.8. The Morgan fingerprint density at radius 3 is 2.57 bits per heavy atom. The molecule has 7 nitrogen and oxygen atoms in total. The zero-order valence-electron chi connectivity index (χ0n) is 16.4. The number of methoxy groups -OCH3 is 2. The van der Waals surface area contributed by atoms with Gasteiger partial charge in [0, 0.05) is 13.1 Å². The Morgan fingerprint density at radius 2 is 1.79 bits per heavy atom. The van der Waals surface area contributed by atoms with Gasteiger partial charge in [0.25, 0.3) is 0 Å². The van der Waals surface area contributed by atoms with Gasteiger partial charge in [-0.25, -0.2) is 0 Å². The van der Waals surface area contributed by atoms with Crippen molar-refractivity contribution >= 4 is 11.8 Å². The van der Waals surface area contributed by atoms with Gasteiger partial charge in [0.15, 0.2) is 17.3 Å². The second-order valence-corrected chi connectivity index (χ2v) is 6.31. The smallest absolute Gasteiger partial charge is 0.244 e. The maximum atomic E-state index is 5.34. The number of ether oxygens (including phenoxy) is 2. The summed E-state index contributed by atoms with van der Waals surface area (Å²) in [6.45, 7) is 3.46. The highest BCUT2D eigenvalue weighted by Gasteiger charge is 2.05. The lowest BCUT2D eigenvalue weighted by molar-refractivity contribution is 0.354. The number of hydrogen-bond acceptors (Lipinski definition) is 7. The van der Waals surface area contributed by atoms with Gasteiger partial charge in [-0.15, -0.1) is 5.10 Å². The molecule has 0 radical (unpaired) electrons. The molecule has 7 heteroatoms. The minimum absolute atomic E-state index is 0.496. The molecular weight excluding hydrogens is 354 g/mol. The summed E-state index contributed by atoms with van der Waals surface area (Å²) in [6.07, 6.45) is 2.42. The van der Waals surface area contributed by atoms with E-state index in [9.17, 15) is 0 Å². The topological polar surface area (TPSA) is 81.2 Å². The van der Waals surface area contributed by atoms with Crippen LogP contribution in [0.4, 0.5) is 11.8 Å². The molecule has 3 rings (SSSR count). The van der Waals surface area contributed by atoms with E-state index in [0.717, 1.165) is 23.5 Å². The van der Waals surface area contributed by atoms with Crippen LogP contribution in [0.25, 0.3) is 0 Å². The van der Waals surface area contributed by atoms with Gasteiger partial charge in [-0.1, -0.05) is 30.3 Å². The van der Waals surface area contributed by atoms with Crippen LogP contribution in [0.2, 0.25) is 0 Å². The fourth-order valence-corrected chi connectivity index (χ4v) is 2.81. The minimum Gasteiger partial charge on any atom is -0.493 e. The van der Waals surface area contributed by atoms with Crippen LogP contribution in [0.1, 0.15) is 16.7 Å². The Labute approximate surface area is 165 Å². The number of nitrogens with one attached hydrogen (secondary N) is 2. The molecule has 0 saturated carbocycles. The Kier molecular flexibility index (Phi) is 6.62. The Bertz CT molecular complexity index is 917. The summed E-state index contributed by atoms with van der Waals surface area (Å²) in [5.41, 5.74) is 3.60. The highest BCUT2D eigenvalue weighted by Crippen LogP contribution is 2.27. The number of aromatic nitrogens is 3. The second-order valence-electron chi connectivity index (χ2n) is 6.31. The Balaban J connectivity index is 1.54. The number of anilines is 2. The predicted molar refractivity (Wildman–Crippen MR) is 110 cm³/mol. The number of nitrogens with zero attached hydrogens (tertiary/aromatic N) is 3. The van der Waals surface area contributed by atoms with Crippen molar-refractivity contribution in [2.75, 3.05) is 31.4 Å². The first-order chi connectivity index (χ1) is 13.7. The van der Waals surface area contributed by atoms with Crippen LogP contribution in [0.3, 0.4) is 0 Å². The van der Waals surface area contributed by atoms with Crippen LogP contribution >= 0.6 is 0 Å². The average molecular weight is 379 g/mol. The van der Waals surface area contributed by atoms with Crippen molar-refractivity contribution in [1.29, 1.82) is 0 Å². The largest absolute Gasteiger partial charge is 0.493 e. The normalized spacial score (nSPS) is 10.4. The molecular formula is C21H25N5O2. The lowest BCUT2D eigenvalue weighted by Gasteiger charge is -2.11. The van der Waals surface area contributed by atoms with Crippen LogP contribution in [-0.2, 0) is 13.0 Å². The lowest BCUT2D eigenvalue weighted by atomic mass is 10.1. The van der Waals surface area contributed by atoms with Gasteiger partial charge in [-0.05, 0) is 42.2 Å². The van der Waals surface area contributed by atoms with Crippen molar-refractivity contribution in [3.05, 3.63) is 65.4 Å². The van der Waals surface area contributed by atoms with E-state index in [-0.39, 0.29) is 0 Å². The van der Waals surface area contributed by atoms with Gasteiger partial charge in [-0.2, -0.15) is 10.1 Å². The summed E-state index contributed by atoms with van der Waals surface area (Å²) >= 11 is 0. The molecule has 0 spiro atoms. The van der Waals surface area contributed by atoms with Gasteiger partial charge < -0.3 is 20.1 Å². The van der Waals surface area contributed by atoms with Crippen molar-refractivity contribution in [3.8, 4) is 11.5 Å². The summed E-state index contributed by atoms with van der Waals surface area (Å²) in [7, 11) is 3.26. The minimum atomic E-state index is 0.496. The van der Waals surface area contributed by atoms with Crippen LogP contribution in [0.5, 0.6) is 11.5 Å². The highest BCUT2D eigenvalue weighted by molar-refractivity contribution is 5.43. The van der Waals surface area contributed by atoms with Gasteiger partial charge >= 0.3 is 0 Å². The van der Waals surface area contributed by atoms with E-state index < -0.39 is 0 Å². The molecule has 1 heterocycles. The third-order valence-electron chi connectivity index (χ3n) is 4.42. The zero-order valence-corrected chi connectivity index (χ0v) is 16.4. The molecule has 0 unspecified atom stereocenters. The van der Waals surface area contributed by atoms with Crippen molar-refractivity contribution in [3.63, 3.8) is 0 Å². The Hall–Kier alpha value is -3.35. The maximum Gasteiger partial charge on any atom is 0.244 e. The lowest BCUT2D eigenvalue weighted by Crippen LogP contribution is -2.11. The Morgan fingerprint density at radius 1 is 0.964 bits per heavy atom. The number of rotatable bonds is 9. The molecule has 28 heavy (non-hydrogen) atoms.